The van der Waals surface area contributed by atoms with Crippen molar-refractivity contribution in [1.82, 2.24) is 5.32 Å². The maximum atomic E-state index is 11.0. The Bertz CT molecular complexity index is 446. The smallest absolute Gasteiger partial charge is 0.411 e. The first-order valence-corrected chi connectivity index (χ1v) is 6.01. The number of halogens is 1. The minimum absolute atomic E-state index is 0. The van der Waals surface area contributed by atoms with Crippen LogP contribution in [0.4, 0.5) is 10.5 Å². The largest absolute Gasteiger partial charge is 0.453 e. The van der Waals surface area contributed by atoms with Crippen molar-refractivity contribution in [3.63, 3.8) is 0 Å². The topological polar surface area (TPSA) is 88.7 Å². The zero-order chi connectivity index (χ0) is 14.3. The van der Waals surface area contributed by atoms with Gasteiger partial charge in [-0.3, -0.25) is 5.32 Å². The quantitative estimate of drug-likeness (QED) is 0.417. The molecule has 0 unspecified atom stereocenters. The minimum Gasteiger partial charge on any atom is -0.453 e. The lowest BCUT2D eigenvalue weighted by atomic mass is 10.2. The van der Waals surface area contributed by atoms with Gasteiger partial charge in [-0.05, 0) is 31.5 Å². The molecule has 0 atom stereocenters. The fourth-order valence-electron chi connectivity index (χ4n) is 1.38. The van der Waals surface area contributed by atoms with E-state index in [4.69, 9.17) is 5.73 Å². The fraction of sp³-hybridized carbons (Fsp3) is 0.385. The van der Waals surface area contributed by atoms with Gasteiger partial charge in [-0.15, -0.1) is 24.0 Å². The number of aliphatic imine (C=N–C) groups is 1. The highest BCUT2D eigenvalue weighted by Gasteiger charge is 2.00. The zero-order valence-corrected chi connectivity index (χ0v) is 14.2. The Hall–Kier alpha value is -1.51. The van der Waals surface area contributed by atoms with E-state index in [0.29, 0.717) is 18.2 Å². The van der Waals surface area contributed by atoms with E-state index in [1.54, 1.807) is 12.1 Å². The molecule has 7 heteroatoms. The molecule has 20 heavy (non-hydrogen) atoms. The molecule has 0 aromatic heterocycles. The minimum atomic E-state index is -0.490. The molecule has 1 amide bonds. The van der Waals surface area contributed by atoms with Gasteiger partial charge in [0.1, 0.15) is 0 Å². The number of nitrogens with one attached hydrogen (secondary N) is 2. The first kappa shape index (κ1) is 18.5. The SMILES string of the molecule is COC(=O)Nc1ccc(CN=C(N)NC(C)C)cc1.I. The molecule has 0 heterocycles. The Balaban J connectivity index is 0.00000361. The molecule has 0 saturated carbocycles. The average molecular weight is 392 g/mol. The van der Waals surface area contributed by atoms with Crippen LogP contribution in [0.5, 0.6) is 0 Å². The molecule has 0 bridgehead atoms. The number of anilines is 1. The maximum Gasteiger partial charge on any atom is 0.411 e. The molecular weight excluding hydrogens is 371 g/mol. The summed E-state index contributed by atoms with van der Waals surface area (Å²) in [5.74, 6) is 0.423. The molecule has 1 rings (SSSR count). The van der Waals surface area contributed by atoms with Crippen molar-refractivity contribution in [2.45, 2.75) is 26.4 Å². The second kappa shape index (κ2) is 9.40. The van der Waals surface area contributed by atoms with E-state index in [9.17, 15) is 4.79 Å². The number of guanidine groups is 1. The number of methoxy groups -OCH3 is 1. The predicted octanol–water partition coefficient (Wildman–Crippen LogP) is 2.30. The molecule has 112 valence electrons. The predicted molar refractivity (Wildman–Crippen MR) is 91.5 cm³/mol. The number of nitrogens with two attached hydrogens (primary N) is 1. The second-order valence-corrected chi connectivity index (χ2v) is 4.31. The van der Waals surface area contributed by atoms with Gasteiger partial charge in [0, 0.05) is 11.7 Å². The number of nitrogens with zero attached hydrogens (tertiary/aromatic N) is 1. The summed E-state index contributed by atoms with van der Waals surface area (Å²) in [7, 11) is 1.32. The number of ether oxygens (including phenoxy) is 1. The van der Waals surface area contributed by atoms with E-state index in [0.717, 1.165) is 5.56 Å². The van der Waals surface area contributed by atoms with Crippen molar-refractivity contribution in [3.05, 3.63) is 29.8 Å². The number of hydrogen-bond acceptors (Lipinski definition) is 3. The Morgan fingerprint density at radius 3 is 2.45 bits per heavy atom. The summed E-state index contributed by atoms with van der Waals surface area (Å²) >= 11 is 0. The highest BCUT2D eigenvalue weighted by Crippen LogP contribution is 2.10. The van der Waals surface area contributed by atoms with Gasteiger partial charge in [-0.2, -0.15) is 0 Å². The van der Waals surface area contributed by atoms with Crippen LogP contribution in [-0.4, -0.2) is 25.2 Å². The number of carbonyl (C=O) groups excluding carboxylic acids is 1. The van der Waals surface area contributed by atoms with Gasteiger partial charge in [0.05, 0.1) is 13.7 Å². The molecule has 0 radical (unpaired) electrons. The van der Waals surface area contributed by atoms with Gasteiger partial charge in [0.15, 0.2) is 5.96 Å². The van der Waals surface area contributed by atoms with Crippen molar-refractivity contribution in [3.8, 4) is 0 Å². The van der Waals surface area contributed by atoms with Gasteiger partial charge in [0.25, 0.3) is 0 Å². The van der Waals surface area contributed by atoms with E-state index >= 15 is 0 Å². The summed E-state index contributed by atoms with van der Waals surface area (Å²) in [5, 5.41) is 5.59. The number of hydrogen-bond donors (Lipinski definition) is 3. The van der Waals surface area contributed by atoms with Crippen molar-refractivity contribution in [1.29, 1.82) is 0 Å². The molecule has 0 aliphatic heterocycles. The van der Waals surface area contributed by atoms with E-state index in [1.807, 2.05) is 26.0 Å². The Morgan fingerprint density at radius 2 is 1.95 bits per heavy atom. The van der Waals surface area contributed by atoms with E-state index in [1.165, 1.54) is 7.11 Å². The highest BCUT2D eigenvalue weighted by molar-refractivity contribution is 14.0. The summed E-state index contributed by atoms with van der Waals surface area (Å²) in [6.45, 7) is 4.48. The van der Waals surface area contributed by atoms with Crippen molar-refractivity contribution >= 4 is 41.7 Å². The van der Waals surface area contributed by atoms with Gasteiger partial charge in [-0.25, -0.2) is 9.79 Å². The van der Waals surface area contributed by atoms with Crippen LogP contribution in [0.2, 0.25) is 0 Å². The third kappa shape index (κ3) is 7.17. The summed E-state index contributed by atoms with van der Waals surface area (Å²) in [6.07, 6.45) is -0.490. The van der Waals surface area contributed by atoms with Gasteiger partial charge >= 0.3 is 6.09 Å². The van der Waals surface area contributed by atoms with Crippen LogP contribution in [0.15, 0.2) is 29.3 Å². The number of rotatable bonds is 4. The highest BCUT2D eigenvalue weighted by atomic mass is 127. The lowest BCUT2D eigenvalue weighted by Gasteiger charge is -2.08. The van der Waals surface area contributed by atoms with Crippen LogP contribution in [0.1, 0.15) is 19.4 Å². The summed E-state index contributed by atoms with van der Waals surface area (Å²) < 4.78 is 4.50. The van der Waals surface area contributed by atoms with Crippen LogP contribution in [0.25, 0.3) is 0 Å². The maximum absolute atomic E-state index is 11.0. The van der Waals surface area contributed by atoms with Crippen LogP contribution in [-0.2, 0) is 11.3 Å². The first-order chi connectivity index (χ1) is 9.01. The monoisotopic (exact) mass is 392 g/mol. The van der Waals surface area contributed by atoms with Crippen LogP contribution in [0, 0.1) is 0 Å². The number of benzene rings is 1. The molecule has 0 spiro atoms. The van der Waals surface area contributed by atoms with E-state index in [-0.39, 0.29) is 30.0 Å². The zero-order valence-electron chi connectivity index (χ0n) is 11.8. The number of carbonyl (C=O) groups is 1. The van der Waals surface area contributed by atoms with Gasteiger partial charge < -0.3 is 15.8 Å². The molecule has 1 aromatic carbocycles. The fourth-order valence-corrected chi connectivity index (χ4v) is 1.38. The Kier molecular flexibility index (Phi) is 8.69. The van der Waals surface area contributed by atoms with Crippen molar-refractivity contribution in [2.75, 3.05) is 12.4 Å². The summed E-state index contributed by atoms with van der Waals surface area (Å²) in [4.78, 5) is 15.2. The lowest BCUT2D eigenvalue weighted by Crippen LogP contribution is -2.36. The molecule has 4 N–H and O–H groups in total. The molecule has 0 saturated heterocycles. The first-order valence-electron chi connectivity index (χ1n) is 6.01. The van der Waals surface area contributed by atoms with Crippen LogP contribution in [0.3, 0.4) is 0 Å². The van der Waals surface area contributed by atoms with Crippen molar-refractivity contribution in [2.24, 2.45) is 10.7 Å². The average Bonchev–Trinajstić information content (AvgIpc) is 2.37. The third-order valence-corrected chi connectivity index (χ3v) is 2.25. The molecule has 0 fully saturated rings. The van der Waals surface area contributed by atoms with E-state index < -0.39 is 6.09 Å². The normalized spacial score (nSPS) is 10.7. The van der Waals surface area contributed by atoms with Gasteiger partial charge in [0.2, 0.25) is 0 Å². The van der Waals surface area contributed by atoms with Crippen LogP contribution >= 0.6 is 24.0 Å². The van der Waals surface area contributed by atoms with Crippen molar-refractivity contribution < 1.29 is 9.53 Å². The lowest BCUT2D eigenvalue weighted by molar-refractivity contribution is 0.187. The Labute approximate surface area is 136 Å². The molecule has 0 aliphatic rings. The summed E-state index contributed by atoms with van der Waals surface area (Å²) in [6, 6.07) is 7.58. The molecule has 0 aliphatic carbocycles. The molecular formula is C13H21IN4O2. The number of amides is 1. The van der Waals surface area contributed by atoms with E-state index in [2.05, 4.69) is 20.4 Å². The second-order valence-electron chi connectivity index (χ2n) is 4.31. The van der Waals surface area contributed by atoms with Crippen LogP contribution < -0.4 is 16.4 Å². The standard InChI is InChI=1S/C13H20N4O2.HI/c1-9(2)16-12(14)15-8-10-4-6-11(7-5-10)17-13(18)19-3;/h4-7,9H,8H2,1-3H3,(H,17,18)(H3,14,15,16);1H. The van der Waals surface area contributed by atoms with Gasteiger partial charge in [-0.1, -0.05) is 12.1 Å². The third-order valence-electron chi connectivity index (χ3n) is 2.25. The molecule has 6 nitrogen and oxygen atoms in total. The molecule has 1 aromatic rings. The summed E-state index contributed by atoms with van der Waals surface area (Å²) in [5.41, 5.74) is 7.38. The Morgan fingerprint density at radius 1 is 1.35 bits per heavy atom.